The lowest BCUT2D eigenvalue weighted by Crippen LogP contribution is -2.10. The summed E-state index contributed by atoms with van der Waals surface area (Å²) >= 11 is 5.88. The van der Waals surface area contributed by atoms with Crippen LogP contribution in [-0.2, 0) is 17.3 Å². The summed E-state index contributed by atoms with van der Waals surface area (Å²) in [5, 5.41) is 0.588. The van der Waals surface area contributed by atoms with Crippen molar-refractivity contribution in [1.82, 2.24) is 0 Å². The Hall–Kier alpha value is -1.36. The van der Waals surface area contributed by atoms with E-state index in [9.17, 15) is 4.21 Å². The Labute approximate surface area is 126 Å². The first-order valence-corrected chi connectivity index (χ1v) is 7.95. The Morgan fingerprint density at radius 2 is 1.95 bits per heavy atom. The monoisotopic (exact) mass is 309 g/mol. The Morgan fingerprint density at radius 1 is 1.15 bits per heavy atom. The van der Waals surface area contributed by atoms with E-state index in [1.54, 1.807) is 24.3 Å². The summed E-state index contributed by atoms with van der Waals surface area (Å²) in [6.45, 7) is 0.795. The molecule has 2 N–H and O–H groups in total. The lowest BCUT2D eigenvalue weighted by atomic mass is 10.2. The molecule has 20 heavy (non-hydrogen) atoms. The molecule has 0 saturated heterocycles. The highest BCUT2D eigenvalue weighted by molar-refractivity contribution is 7.85. The minimum atomic E-state index is -1.12. The number of ether oxygens (including phenoxy) is 1. The molecule has 3 nitrogen and oxygen atoms in total. The first-order valence-electron chi connectivity index (χ1n) is 6.25. The van der Waals surface area contributed by atoms with Crippen molar-refractivity contribution in [3.05, 3.63) is 59.1 Å². The summed E-state index contributed by atoms with van der Waals surface area (Å²) in [6, 6.07) is 14.7. The molecule has 1 unspecified atom stereocenters. The molecule has 0 aliphatic carbocycles. The molecule has 1 atom stereocenters. The van der Waals surface area contributed by atoms with E-state index in [-0.39, 0.29) is 0 Å². The second kappa shape index (κ2) is 7.43. The lowest BCUT2D eigenvalue weighted by molar-refractivity contribution is 0.339. The number of hydrogen-bond donors (Lipinski definition) is 1. The summed E-state index contributed by atoms with van der Waals surface area (Å²) in [5.74, 6) is 1.16. The van der Waals surface area contributed by atoms with Gasteiger partial charge in [0, 0.05) is 22.0 Å². The quantitative estimate of drug-likeness (QED) is 0.892. The molecule has 0 spiro atoms. The van der Waals surface area contributed by atoms with Gasteiger partial charge < -0.3 is 10.5 Å². The molecule has 0 radical (unpaired) electrons. The smallest absolute Gasteiger partial charge is 0.123 e. The highest BCUT2D eigenvalue weighted by atomic mass is 35.5. The van der Waals surface area contributed by atoms with E-state index in [0.29, 0.717) is 28.8 Å². The zero-order chi connectivity index (χ0) is 14.4. The zero-order valence-electron chi connectivity index (χ0n) is 10.9. The Bertz CT molecular complexity index is 604. The molecule has 106 valence electrons. The standard InChI is InChI=1S/C15H16ClNO2S/c16-13-5-3-6-14(10-13)20(18)9-8-19-15-7-2-1-4-12(15)11-17/h1-7,10H,8-9,11,17H2. The van der Waals surface area contributed by atoms with Crippen molar-refractivity contribution in [1.29, 1.82) is 0 Å². The number of benzene rings is 2. The van der Waals surface area contributed by atoms with Crippen LogP contribution in [0, 0.1) is 0 Å². The van der Waals surface area contributed by atoms with Gasteiger partial charge in [0.25, 0.3) is 0 Å². The minimum absolute atomic E-state index is 0.371. The van der Waals surface area contributed by atoms with Crippen LogP contribution in [0.4, 0.5) is 0 Å². The van der Waals surface area contributed by atoms with Crippen LogP contribution in [0.2, 0.25) is 5.02 Å². The molecule has 5 heteroatoms. The van der Waals surface area contributed by atoms with E-state index in [1.807, 2.05) is 24.3 Å². The minimum Gasteiger partial charge on any atom is -0.492 e. The summed E-state index contributed by atoms with van der Waals surface area (Å²) in [6.07, 6.45) is 0. The van der Waals surface area contributed by atoms with Crippen LogP contribution < -0.4 is 10.5 Å². The largest absolute Gasteiger partial charge is 0.492 e. The van der Waals surface area contributed by atoms with E-state index in [2.05, 4.69) is 0 Å². The maximum atomic E-state index is 12.1. The fourth-order valence-electron chi connectivity index (χ4n) is 1.77. The van der Waals surface area contributed by atoms with Gasteiger partial charge in [0.1, 0.15) is 12.4 Å². The van der Waals surface area contributed by atoms with Gasteiger partial charge in [-0.2, -0.15) is 0 Å². The lowest BCUT2D eigenvalue weighted by Gasteiger charge is -2.10. The molecule has 0 heterocycles. The third-order valence-corrected chi connectivity index (χ3v) is 4.33. The molecule has 0 aromatic heterocycles. The molecule has 2 rings (SSSR count). The molecule has 2 aromatic carbocycles. The molecule has 0 bridgehead atoms. The summed E-state index contributed by atoms with van der Waals surface area (Å²) in [7, 11) is -1.12. The van der Waals surface area contributed by atoms with Crippen molar-refractivity contribution in [3.63, 3.8) is 0 Å². The second-order valence-corrected chi connectivity index (χ2v) is 6.17. The van der Waals surface area contributed by atoms with Gasteiger partial charge in [0.15, 0.2) is 0 Å². The van der Waals surface area contributed by atoms with Crippen molar-refractivity contribution in [2.75, 3.05) is 12.4 Å². The highest BCUT2D eigenvalue weighted by Crippen LogP contribution is 2.18. The van der Waals surface area contributed by atoms with Gasteiger partial charge in [0.05, 0.1) is 16.6 Å². The van der Waals surface area contributed by atoms with E-state index < -0.39 is 10.8 Å². The second-order valence-electron chi connectivity index (χ2n) is 4.17. The average Bonchev–Trinajstić information content (AvgIpc) is 2.47. The van der Waals surface area contributed by atoms with Crippen molar-refractivity contribution >= 4 is 22.4 Å². The predicted molar refractivity (Wildman–Crippen MR) is 82.6 cm³/mol. The van der Waals surface area contributed by atoms with E-state index >= 15 is 0 Å². The maximum Gasteiger partial charge on any atom is 0.123 e. The molecule has 0 saturated carbocycles. The third kappa shape index (κ3) is 4.07. The van der Waals surface area contributed by atoms with Gasteiger partial charge in [0.2, 0.25) is 0 Å². The van der Waals surface area contributed by atoms with Crippen molar-refractivity contribution in [2.24, 2.45) is 5.73 Å². The Morgan fingerprint density at radius 3 is 2.70 bits per heavy atom. The normalized spacial score (nSPS) is 12.1. The highest BCUT2D eigenvalue weighted by Gasteiger charge is 2.06. The van der Waals surface area contributed by atoms with Crippen LogP contribution in [0.15, 0.2) is 53.4 Å². The van der Waals surface area contributed by atoms with Crippen LogP contribution in [0.3, 0.4) is 0 Å². The molecular weight excluding hydrogens is 294 g/mol. The third-order valence-electron chi connectivity index (χ3n) is 2.78. The molecule has 0 amide bonds. The SMILES string of the molecule is NCc1ccccc1OCCS(=O)c1cccc(Cl)c1. The fourth-order valence-corrected chi connectivity index (χ4v) is 2.98. The van der Waals surface area contributed by atoms with Crippen molar-refractivity contribution in [3.8, 4) is 5.75 Å². The maximum absolute atomic E-state index is 12.1. The number of halogens is 1. The zero-order valence-corrected chi connectivity index (χ0v) is 12.5. The van der Waals surface area contributed by atoms with E-state index in [0.717, 1.165) is 11.3 Å². The molecule has 0 aliphatic rings. The van der Waals surface area contributed by atoms with Gasteiger partial charge in [-0.3, -0.25) is 4.21 Å². The average molecular weight is 310 g/mol. The number of nitrogens with two attached hydrogens (primary N) is 1. The van der Waals surface area contributed by atoms with Crippen LogP contribution in [0.5, 0.6) is 5.75 Å². The number of para-hydroxylation sites is 1. The summed E-state index contributed by atoms with van der Waals surface area (Å²) < 4.78 is 17.7. The Balaban J connectivity index is 1.91. The van der Waals surface area contributed by atoms with Crippen LogP contribution in [-0.4, -0.2) is 16.6 Å². The van der Waals surface area contributed by atoms with E-state index in [4.69, 9.17) is 22.1 Å². The number of rotatable bonds is 6. The van der Waals surface area contributed by atoms with Crippen LogP contribution in [0.25, 0.3) is 0 Å². The van der Waals surface area contributed by atoms with Crippen molar-refractivity contribution < 1.29 is 8.95 Å². The van der Waals surface area contributed by atoms with Crippen molar-refractivity contribution in [2.45, 2.75) is 11.4 Å². The fraction of sp³-hybridized carbons (Fsp3) is 0.200. The van der Waals surface area contributed by atoms with Gasteiger partial charge in [-0.05, 0) is 24.3 Å². The molecule has 2 aromatic rings. The van der Waals surface area contributed by atoms with Gasteiger partial charge in [-0.1, -0.05) is 35.9 Å². The van der Waals surface area contributed by atoms with Crippen LogP contribution >= 0.6 is 11.6 Å². The topological polar surface area (TPSA) is 52.3 Å². The van der Waals surface area contributed by atoms with Crippen LogP contribution in [0.1, 0.15) is 5.56 Å². The van der Waals surface area contributed by atoms with Gasteiger partial charge in [-0.25, -0.2) is 0 Å². The van der Waals surface area contributed by atoms with Gasteiger partial charge in [-0.15, -0.1) is 0 Å². The van der Waals surface area contributed by atoms with E-state index in [1.165, 1.54) is 0 Å². The van der Waals surface area contributed by atoms with Gasteiger partial charge >= 0.3 is 0 Å². The number of hydrogen-bond acceptors (Lipinski definition) is 3. The first kappa shape index (κ1) is 15.0. The molecule has 0 fully saturated rings. The Kier molecular flexibility index (Phi) is 5.59. The predicted octanol–water partition coefficient (Wildman–Crippen LogP) is 2.99. The molecule has 0 aliphatic heterocycles. The summed E-state index contributed by atoms with van der Waals surface area (Å²) in [5.41, 5.74) is 6.58. The summed E-state index contributed by atoms with van der Waals surface area (Å²) in [4.78, 5) is 0.716. The molecular formula is C15H16ClNO2S. The first-order chi connectivity index (χ1) is 9.70.